The Morgan fingerprint density at radius 2 is 1.93 bits per heavy atom. The molecule has 0 saturated heterocycles. The van der Waals surface area contributed by atoms with Crippen LogP contribution in [-0.4, -0.2) is 0 Å². The minimum Gasteiger partial charge on any atom is -0.207 e. The molecule has 1 aliphatic carbocycles. The fourth-order valence-electron chi connectivity index (χ4n) is 2.07. The lowest BCUT2D eigenvalue weighted by molar-refractivity contribution is 0.510. The molecule has 0 aliphatic heterocycles. The molecule has 0 aromatic heterocycles. The van der Waals surface area contributed by atoms with E-state index in [1.807, 2.05) is 6.07 Å². The van der Waals surface area contributed by atoms with E-state index in [0.29, 0.717) is 10.9 Å². The van der Waals surface area contributed by atoms with E-state index in [1.54, 1.807) is 0 Å². The molecule has 2 rings (SSSR count). The van der Waals surface area contributed by atoms with E-state index in [-0.39, 0.29) is 5.82 Å². The van der Waals surface area contributed by atoms with Crippen molar-refractivity contribution in [1.29, 1.82) is 0 Å². The molecule has 0 heterocycles. The van der Waals surface area contributed by atoms with E-state index in [9.17, 15) is 4.39 Å². The molecule has 1 saturated carbocycles. The predicted molar refractivity (Wildman–Crippen MR) is 56.9 cm³/mol. The second-order valence-electron chi connectivity index (χ2n) is 3.81. The highest BCUT2D eigenvalue weighted by Crippen LogP contribution is 2.35. The maximum atomic E-state index is 12.8. The number of hydrogen-bond acceptors (Lipinski definition) is 0. The Kier molecular flexibility index (Phi) is 3.07. The van der Waals surface area contributed by atoms with E-state index in [1.165, 1.54) is 12.1 Å². The maximum Gasteiger partial charge on any atom is 0.124 e. The molecule has 0 atom stereocenters. The molecule has 0 nitrogen and oxygen atoms in total. The van der Waals surface area contributed by atoms with E-state index < -0.39 is 0 Å². The van der Waals surface area contributed by atoms with Gasteiger partial charge in [0, 0.05) is 5.02 Å². The Balaban J connectivity index is 2.22. The topological polar surface area (TPSA) is 0 Å². The summed E-state index contributed by atoms with van der Waals surface area (Å²) < 4.78 is 12.8. The van der Waals surface area contributed by atoms with Gasteiger partial charge in [0.2, 0.25) is 0 Å². The first-order valence-corrected chi connectivity index (χ1v) is 5.42. The van der Waals surface area contributed by atoms with Crippen molar-refractivity contribution in [2.24, 2.45) is 0 Å². The summed E-state index contributed by atoms with van der Waals surface area (Å²) in [6, 6.07) is 4.74. The van der Waals surface area contributed by atoms with Gasteiger partial charge in [-0.1, -0.05) is 17.7 Å². The predicted octanol–water partition coefficient (Wildman–Crippen LogP) is 4.34. The third-order valence-electron chi connectivity index (χ3n) is 2.84. The highest BCUT2D eigenvalue weighted by molar-refractivity contribution is 6.31. The fraction of sp³-hybridized carbons (Fsp3) is 0.417. The summed E-state index contributed by atoms with van der Waals surface area (Å²) in [5.74, 6) is 0.272. The van der Waals surface area contributed by atoms with Gasteiger partial charge in [-0.05, 0) is 55.7 Å². The largest absolute Gasteiger partial charge is 0.207 e. The van der Waals surface area contributed by atoms with Gasteiger partial charge in [-0.15, -0.1) is 0 Å². The summed E-state index contributed by atoms with van der Waals surface area (Å²) in [4.78, 5) is 0. The highest BCUT2D eigenvalue weighted by atomic mass is 35.5. The monoisotopic (exact) mass is 211 g/mol. The normalized spacial score (nSPS) is 18.4. The molecule has 14 heavy (non-hydrogen) atoms. The smallest absolute Gasteiger partial charge is 0.124 e. The van der Waals surface area contributed by atoms with Crippen LogP contribution in [0.5, 0.6) is 0 Å². The van der Waals surface area contributed by atoms with Crippen molar-refractivity contribution in [1.82, 2.24) is 0 Å². The van der Waals surface area contributed by atoms with Crippen LogP contribution in [0.25, 0.3) is 0 Å². The first-order valence-electron chi connectivity index (χ1n) is 5.04. The third-order valence-corrected chi connectivity index (χ3v) is 3.17. The van der Waals surface area contributed by atoms with Crippen molar-refractivity contribution < 1.29 is 4.39 Å². The lowest BCUT2D eigenvalue weighted by atomic mass is 9.84. The Morgan fingerprint density at radius 3 is 2.57 bits per heavy atom. The maximum absolute atomic E-state index is 12.8. The molecule has 0 unspecified atom stereocenters. The van der Waals surface area contributed by atoms with Gasteiger partial charge in [0.1, 0.15) is 5.82 Å². The number of rotatable bonds is 1. The first kappa shape index (κ1) is 9.97. The van der Waals surface area contributed by atoms with Crippen molar-refractivity contribution >= 4 is 11.6 Å². The van der Waals surface area contributed by atoms with Crippen LogP contribution < -0.4 is 0 Å². The van der Waals surface area contributed by atoms with Crippen molar-refractivity contribution in [3.8, 4) is 0 Å². The molecule has 1 radical (unpaired) electrons. The second-order valence-corrected chi connectivity index (χ2v) is 4.21. The van der Waals surface area contributed by atoms with Crippen LogP contribution in [0.4, 0.5) is 4.39 Å². The first-order chi connectivity index (χ1) is 6.77. The Labute approximate surface area is 89.1 Å². The summed E-state index contributed by atoms with van der Waals surface area (Å²) in [6.07, 6.45) is 6.90. The van der Waals surface area contributed by atoms with Gasteiger partial charge in [-0.3, -0.25) is 0 Å². The van der Waals surface area contributed by atoms with Gasteiger partial charge in [0.25, 0.3) is 0 Å². The van der Waals surface area contributed by atoms with Crippen molar-refractivity contribution in [3.05, 3.63) is 41.0 Å². The number of halogens is 2. The molecule has 0 amide bonds. The van der Waals surface area contributed by atoms with Crippen LogP contribution in [0.2, 0.25) is 5.02 Å². The summed E-state index contributed by atoms with van der Waals surface area (Å²) in [5, 5.41) is 0.580. The average Bonchev–Trinajstić information content (AvgIpc) is 2.19. The minimum atomic E-state index is -0.249. The summed E-state index contributed by atoms with van der Waals surface area (Å²) in [6.45, 7) is 0. The molecule has 2 heteroatoms. The molecule has 75 valence electrons. The van der Waals surface area contributed by atoms with Crippen LogP contribution in [0.1, 0.15) is 37.2 Å². The molecule has 1 aliphatic rings. The van der Waals surface area contributed by atoms with Crippen LogP contribution >= 0.6 is 11.6 Å². The average molecular weight is 212 g/mol. The highest BCUT2D eigenvalue weighted by Gasteiger charge is 2.17. The van der Waals surface area contributed by atoms with E-state index in [0.717, 1.165) is 31.2 Å². The van der Waals surface area contributed by atoms with Gasteiger partial charge >= 0.3 is 0 Å². The summed E-state index contributed by atoms with van der Waals surface area (Å²) in [5.41, 5.74) is 1.11. The van der Waals surface area contributed by atoms with Crippen LogP contribution in [0.15, 0.2) is 18.2 Å². The van der Waals surface area contributed by atoms with Gasteiger partial charge < -0.3 is 0 Å². The minimum absolute atomic E-state index is 0.249. The van der Waals surface area contributed by atoms with Gasteiger partial charge in [0.15, 0.2) is 0 Å². The van der Waals surface area contributed by atoms with Crippen LogP contribution in [0, 0.1) is 12.2 Å². The molecular weight excluding hydrogens is 199 g/mol. The standard InChI is InChI=1S/C12H13ClF/c13-12-8-10(14)6-7-11(12)9-4-2-1-3-5-9/h1,6-9H,2-5H2. The van der Waals surface area contributed by atoms with Crippen molar-refractivity contribution in [2.45, 2.75) is 31.6 Å². The Hall–Kier alpha value is -0.560. The fourth-order valence-corrected chi connectivity index (χ4v) is 2.39. The van der Waals surface area contributed by atoms with Crippen LogP contribution in [-0.2, 0) is 0 Å². The van der Waals surface area contributed by atoms with Gasteiger partial charge in [-0.2, -0.15) is 0 Å². The van der Waals surface area contributed by atoms with Gasteiger partial charge in [-0.25, -0.2) is 4.39 Å². The quantitative estimate of drug-likeness (QED) is 0.648. The zero-order valence-corrected chi connectivity index (χ0v) is 8.73. The van der Waals surface area contributed by atoms with E-state index in [2.05, 4.69) is 6.42 Å². The zero-order chi connectivity index (χ0) is 9.97. The van der Waals surface area contributed by atoms with Crippen LogP contribution in [0.3, 0.4) is 0 Å². The Morgan fingerprint density at radius 1 is 1.21 bits per heavy atom. The van der Waals surface area contributed by atoms with Crippen molar-refractivity contribution in [3.63, 3.8) is 0 Å². The molecule has 1 aromatic rings. The van der Waals surface area contributed by atoms with E-state index >= 15 is 0 Å². The lowest BCUT2D eigenvalue weighted by Gasteiger charge is -2.22. The third kappa shape index (κ3) is 2.09. The molecule has 1 fully saturated rings. The number of hydrogen-bond donors (Lipinski definition) is 0. The molecule has 0 bridgehead atoms. The van der Waals surface area contributed by atoms with Gasteiger partial charge in [0.05, 0.1) is 0 Å². The SMILES string of the molecule is Fc1ccc(C2CC[CH]CC2)c(Cl)c1. The molecule has 0 N–H and O–H groups in total. The molecule has 1 aromatic carbocycles. The Bertz CT molecular complexity index is 316. The second kappa shape index (κ2) is 4.31. The zero-order valence-electron chi connectivity index (χ0n) is 7.97. The number of benzene rings is 1. The summed E-state index contributed by atoms with van der Waals surface area (Å²) >= 11 is 6.01. The van der Waals surface area contributed by atoms with E-state index in [4.69, 9.17) is 11.6 Å². The molecular formula is C12H13ClF. The molecule has 0 spiro atoms. The van der Waals surface area contributed by atoms with Crippen molar-refractivity contribution in [2.75, 3.05) is 0 Å². The summed E-state index contributed by atoms with van der Waals surface area (Å²) in [7, 11) is 0. The lowest BCUT2D eigenvalue weighted by Crippen LogP contribution is -2.05.